The van der Waals surface area contributed by atoms with E-state index in [0.29, 0.717) is 22.9 Å². The Labute approximate surface area is 210 Å². The van der Waals surface area contributed by atoms with Crippen LogP contribution in [0.3, 0.4) is 0 Å². The number of aromatic nitrogens is 4. The van der Waals surface area contributed by atoms with E-state index in [-0.39, 0.29) is 17.2 Å². The van der Waals surface area contributed by atoms with Gasteiger partial charge in [-0.15, -0.1) is 0 Å². The maximum absolute atomic E-state index is 12.9. The van der Waals surface area contributed by atoms with E-state index in [9.17, 15) is 14.4 Å². The van der Waals surface area contributed by atoms with Gasteiger partial charge in [0.1, 0.15) is 0 Å². The van der Waals surface area contributed by atoms with Crippen LogP contribution in [0.1, 0.15) is 45.4 Å². The molecule has 0 fully saturated rings. The van der Waals surface area contributed by atoms with E-state index in [0.717, 1.165) is 33.1 Å². The molecule has 10 heteroatoms. The predicted molar refractivity (Wildman–Crippen MR) is 142 cm³/mol. The van der Waals surface area contributed by atoms with Crippen molar-refractivity contribution in [3.8, 4) is 0 Å². The number of unbranched alkanes of at least 4 members (excludes halogenated alkanes) is 5. The van der Waals surface area contributed by atoms with Gasteiger partial charge in [-0.3, -0.25) is 18.7 Å². The number of amides is 1. The number of hydrogen-bond acceptors (Lipinski definition) is 5. The van der Waals surface area contributed by atoms with Crippen LogP contribution in [0.15, 0.2) is 39.0 Å². The number of nitrogens with zero attached hydrogens (tertiary/aromatic N) is 4. The Hall–Kier alpha value is -2.08. The largest absolute Gasteiger partial charge is 0.332 e. The van der Waals surface area contributed by atoms with Crippen LogP contribution in [0.4, 0.5) is 5.69 Å². The maximum Gasteiger partial charge on any atom is 0.332 e. The molecular weight excluding hydrogens is 553 g/mol. The van der Waals surface area contributed by atoms with E-state index < -0.39 is 5.69 Å². The molecule has 178 valence electrons. The highest BCUT2D eigenvalue weighted by Crippen LogP contribution is 2.23. The number of rotatable bonds is 11. The summed E-state index contributed by atoms with van der Waals surface area (Å²) in [5.41, 5.74) is 0.729. The molecule has 3 rings (SSSR count). The predicted octanol–water partition coefficient (Wildman–Crippen LogP) is 4.13. The van der Waals surface area contributed by atoms with E-state index >= 15 is 0 Å². The number of halogens is 1. The highest BCUT2D eigenvalue weighted by molar-refractivity contribution is 14.1. The van der Waals surface area contributed by atoms with Gasteiger partial charge in [-0.05, 0) is 53.3 Å². The molecule has 1 aromatic carbocycles. The molecule has 0 aliphatic rings. The first-order valence-electron chi connectivity index (χ1n) is 11.2. The van der Waals surface area contributed by atoms with Crippen LogP contribution in [0.25, 0.3) is 11.2 Å². The topological polar surface area (TPSA) is 90.9 Å². The lowest BCUT2D eigenvalue weighted by atomic mass is 10.1. The van der Waals surface area contributed by atoms with Gasteiger partial charge in [-0.2, -0.15) is 0 Å². The third-order valence-corrected chi connectivity index (χ3v) is 7.20. The smallest absolute Gasteiger partial charge is 0.325 e. The minimum Gasteiger partial charge on any atom is -0.325 e. The van der Waals surface area contributed by atoms with Gasteiger partial charge in [-0.1, -0.05) is 50.8 Å². The Morgan fingerprint density at radius 3 is 2.39 bits per heavy atom. The van der Waals surface area contributed by atoms with Crippen molar-refractivity contribution in [3.63, 3.8) is 0 Å². The normalized spacial score (nSPS) is 11.3. The summed E-state index contributed by atoms with van der Waals surface area (Å²) < 4.78 is 5.47. The lowest BCUT2D eigenvalue weighted by Crippen LogP contribution is -2.37. The molecule has 0 bridgehead atoms. The third kappa shape index (κ3) is 6.28. The molecule has 33 heavy (non-hydrogen) atoms. The van der Waals surface area contributed by atoms with Gasteiger partial charge in [0.2, 0.25) is 5.91 Å². The minimum atomic E-state index is -0.412. The number of fused-ring (bicyclic) bond motifs is 1. The summed E-state index contributed by atoms with van der Waals surface area (Å²) in [6.45, 7) is 2.81. The zero-order valence-electron chi connectivity index (χ0n) is 19.3. The van der Waals surface area contributed by atoms with E-state index in [1.165, 1.54) is 42.6 Å². The summed E-state index contributed by atoms with van der Waals surface area (Å²) in [5, 5.41) is 3.46. The second-order valence-electron chi connectivity index (χ2n) is 8.04. The van der Waals surface area contributed by atoms with Gasteiger partial charge < -0.3 is 9.88 Å². The molecule has 1 amide bonds. The van der Waals surface area contributed by atoms with Gasteiger partial charge in [0, 0.05) is 29.9 Å². The number of imidazole rings is 1. The Morgan fingerprint density at radius 1 is 1.03 bits per heavy atom. The molecule has 0 spiro atoms. The molecule has 2 aromatic heterocycles. The number of benzene rings is 1. The fraction of sp³-hybridized carbons (Fsp3) is 0.478. The van der Waals surface area contributed by atoms with Crippen molar-refractivity contribution in [1.82, 2.24) is 18.7 Å². The van der Waals surface area contributed by atoms with Crippen LogP contribution in [-0.4, -0.2) is 30.3 Å². The van der Waals surface area contributed by atoms with Crippen molar-refractivity contribution in [1.29, 1.82) is 0 Å². The van der Waals surface area contributed by atoms with E-state index in [4.69, 9.17) is 0 Å². The van der Waals surface area contributed by atoms with Gasteiger partial charge >= 0.3 is 5.69 Å². The van der Waals surface area contributed by atoms with Crippen LogP contribution in [0.5, 0.6) is 0 Å². The average molecular weight is 583 g/mol. The second kappa shape index (κ2) is 11.9. The number of anilines is 1. The minimum absolute atomic E-state index is 0.152. The summed E-state index contributed by atoms with van der Waals surface area (Å²) in [5.74, 6) is 0.00115. The highest BCUT2D eigenvalue weighted by Gasteiger charge is 2.20. The number of carbonyl (C=O) groups excluding carboxylic acids is 1. The average Bonchev–Trinajstić information content (AvgIpc) is 3.17. The first kappa shape index (κ1) is 25.5. The lowest BCUT2D eigenvalue weighted by molar-refractivity contribution is -0.113. The van der Waals surface area contributed by atoms with Crippen molar-refractivity contribution >= 4 is 57.1 Å². The van der Waals surface area contributed by atoms with Crippen LogP contribution in [0, 0.1) is 3.57 Å². The molecule has 2 heterocycles. The van der Waals surface area contributed by atoms with Crippen LogP contribution < -0.4 is 16.6 Å². The van der Waals surface area contributed by atoms with Crippen LogP contribution in [0.2, 0.25) is 0 Å². The van der Waals surface area contributed by atoms with Crippen molar-refractivity contribution in [3.05, 3.63) is 48.7 Å². The molecule has 1 N–H and O–H groups in total. The highest BCUT2D eigenvalue weighted by atomic mass is 127. The van der Waals surface area contributed by atoms with Crippen LogP contribution in [-0.2, 0) is 25.4 Å². The van der Waals surface area contributed by atoms with Crippen molar-refractivity contribution in [2.24, 2.45) is 14.1 Å². The van der Waals surface area contributed by atoms with Gasteiger partial charge in [0.15, 0.2) is 16.3 Å². The van der Waals surface area contributed by atoms with Crippen molar-refractivity contribution < 1.29 is 4.79 Å². The second-order valence-corrected chi connectivity index (χ2v) is 10.2. The summed E-state index contributed by atoms with van der Waals surface area (Å²) in [6, 6.07) is 7.58. The molecular formula is C23H30IN5O3S. The third-order valence-electron chi connectivity index (χ3n) is 5.51. The van der Waals surface area contributed by atoms with Gasteiger partial charge in [0.05, 0.1) is 5.75 Å². The van der Waals surface area contributed by atoms with Gasteiger partial charge in [-0.25, -0.2) is 9.78 Å². The molecule has 0 radical (unpaired) electrons. The lowest BCUT2D eigenvalue weighted by Gasteiger charge is -2.10. The van der Waals surface area contributed by atoms with E-state index in [1.807, 2.05) is 28.8 Å². The first-order chi connectivity index (χ1) is 15.8. The number of aryl methyl sites for hydroxylation is 2. The fourth-order valence-electron chi connectivity index (χ4n) is 3.65. The molecule has 0 saturated carbocycles. The quantitative estimate of drug-likeness (QED) is 0.208. The Kier molecular flexibility index (Phi) is 9.19. The van der Waals surface area contributed by atoms with Crippen LogP contribution >= 0.6 is 34.4 Å². The maximum atomic E-state index is 12.9. The SMILES string of the molecule is CCCCCCCCn1c(SCC(=O)Nc2ccc(I)cc2)nc2c1c(=O)n(C)c(=O)n2C. The Balaban J connectivity index is 1.81. The fourth-order valence-corrected chi connectivity index (χ4v) is 4.84. The molecule has 8 nitrogen and oxygen atoms in total. The Morgan fingerprint density at radius 2 is 1.70 bits per heavy atom. The summed E-state index contributed by atoms with van der Waals surface area (Å²) in [7, 11) is 3.09. The van der Waals surface area contributed by atoms with E-state index in [2.05, 4.69) is 39.8 Å². The molecule has 0 unspecified atom stereocenters. The first-order valence-corrected chi connectivity index (χ1v) is 13.2. The van der Waals surface area contributed by atoms with Crippen molar-refractivity contribution in [2.75, 3.05) is 11.1 Å². The Bertz CT molecular complexity index is 1230. The molecule has 0 saturated heterocycles. The van der Waals surface area contributed by atoms with E-state index in [1.54, 1.807) is 7.05 Å². The zero-order chi connectivity index (χ0) is 24.0. The molecule has 3 aromatic rings. The number of carbonyl (C=O) groups is 1. The van der Waals surface area contributed by atoms with Gasteiger partial charge in [0.25, 0.3) is 5.56 Å². The number of nitrogens with one attached hydrogen (secondary N) is 1. The zero-order valence-corrected chi connectivity index (χ0v) is 22.2. The molecule has 0 aliphatic heterocycles. The number of thioether (sulfide) groups is 1. The standard InChI is InChI=1S/C23H30IN5O3S/c1-4-5-6-7-8-9-14-29-19-20(27(2)23(32)28(3)21(19)31)26-22(29)33-15-18(30)25-17-12-10-16(24)11-13-17/h10-13H,4-9,14-15H2,1-3H3,(H,25,30). The van der Waals surface area contributed by atoms with Crippen molar-refractivity contribution in [2.45, 2.75) is 57.1 Å². The summed E-state index contributed by atoms with van der Waals surface area (Å²) >= 11 is 3.49. The number of hydrogen-bond donors (Lipinski definition) is 1. The molecule has 0 aliphatic carbocycles. The summed E-state index contributed by atoms with van der Waals surface area (Å²) in [4.78, 5) is 42.4. The summed E-state index contributed by atoms with van der Waals surface area (Å²) in [6.07, 6.45) is 6.75. The monoisotopic (exact) mass is 583 g/mol. The molecule has 0 atom stereocenters.